The summed E-state index contributed by atoms with van der Waals surface area (Å²) in [6.45, 7) is 2.02. The van der Waals surface area contributed by atoms with Crippen LogP contribution in [0.15, 0.2) is 12.2 Å². The largest absolute Gasteiger partial charge is 0.469 e. The summed E-state index contributed by atoms with van der Waals surface area (Å²) in [7, 11) is 1.40. The first-order chi connectivity index (χ1) is 6.63. The van der Waals surface area contributed by atoms with Crippen LogP contribution in [0.2, 0.25) is 0 Å². The number of methoxy groups -OCH3 is 1. The number of ketones is 1. The van der Waals surface area contributed by atoms with Crippen LogP contribution in [0.5, 0.6) is 0 Å². The molecule has 0 aliphatic heterocycles. The van der Waals surface area contributed by atoms with Crippen LogP contribution in [0.3, 0.4) is 0 Å². The maximum absolute atomic E-state index is 11.0. The lowest BCUT2D eigenvalue weighted by Crippen LogP contribution is -2.18. The minimum Gasteiger partial charge on any atom is -0.469 e. The highest BCUT2D eigenvalue weighted by Gasteiger charge is 2.21. The van der Waals surface area contributed by atoms with E-state index < -0.39 is 0 Å². The van der Waals surface area contributed by atoms with E-state index in [-0.39, 0.29) is 17.7 Å². The summed E-state index contributed by atoms with van der Waals surface area (Å²) >= 11 is 0. The summed E-state index contributed by atoms with van der Waals surface area (Å²) in [4.78, 5) is 21.9. The normalized spacial score (nSPS) is 23.3. The number of hydrogen-bond acceptors (Lipinski definition) is 3. The number of hydrogen-bond donors (Lipinski definition) is 0. The molecule has 0 saturated heterocycles. The third kappa shape index (κ3) is 2.98. The highest BCUT2D eigenvalue weighted by atomic mass is 16.5. The molecule has 0 aromatic heterocycles. The summed E-state index contributed by atoms with van der Waals surface area (Å²) in [5.41, 5.74) is 0. The van der Waals surface area contributed by atoms with Crippen LogP contribution in [0.4, 0.5) is 0 Å². The van der Waals surface area contributed by atoms with Crippen LogP contribution < -0.4 is 0 Å². The summed E-state index contributed by atoms with van der Waals surface area (Å²) in [6.07, 6.45) is 5.43. The Morgan fingerprint density at radius 2 is 2.43 bits per heavy atom. The average Bonchev–Trinajstić information content (AvgIpc) is 2.18. The molecule has 1 aliphatic rings. The van der Waals surface area contributed by atoms with Gasteiger partial charge in [0.05, 0.1) is 7.11 Å². The van der Waals surface area contributed by atoms with E-state index in [4.69, 9.17) is 0 Å². The van der Waals surface area contributed by atoms with Gasteiger partial charge in [-0.3, -0.25) is 9.59 Å². The molecule has 0 fully saturated rings. The van der Waals surface area contributed by atoms with E-state index in [1.165, 1.54) is 7.11 Å². The van der Waals surface area contributed by atoms with Crippen molar-refractivity contribution in [3.05, 3.63) is 12.2 Å². The predicted molar refractivity (Wildman–Crippen MR) is 52.7 cm³/mol. The van der Waals surface area contributed by atoms with E-state index in [1.54, 1.807) is 6.08 Å². The topological polar surface area (TPSA) is 43.4 Å². The molecule has 78 valence electrons. The first-order valence-electron chi connectivity index (χ1n) is 4.91. The Bertz CT molecular complexity index is 255. The van der Waals surface area contributed by atoms with Crippen molar-refractivity contribution < 1.29 is 14.3 Å². The van der Waals surface area contributed by atoms with Crippen molar-refractivity contribution >= 4 is 11.8 Å². The van der Waals surface area contributed by atoms with Gasteiger partial charge in [0.25, 0.3) is 0 Å². The fraction of sp³-hybridized carbons (Fsp3) is 0.636. The third-order valence-corrected chi connectivity index (χ3v) is 2.70. The molecule has 0 saturated carbocycles. The van der Waals surface area contributed by atoms with Gasteiger partial charge in [0.15, 0.2) is 5.78 Å². The van der Waals surface area contributed by atoms with E-state index in [1.807, 2.05) is 13.0 Å². The highest BCUT2D eigenvalue weighted by Crippen LogP contribution is 2.25. The molecule has 0 amide bonds. The molecule has 0 aromatic carbocycles. The lowest BCUT2D eigenvalue weighted by molar-refractivity contribution is -0.141. The highest BCUT2D eigenvalue weighted by molar-refractivity contribution is 5.90. The fourth-order valence-corrected chi connectivity index (χ4v) is 1.69. The van der Waals surface area contributed by atoms with Crippen LogP contribution in [0, 0.1) is 11.8 Å². The molecule has 0 radical (unpaired) electrons. The number of rotatable bonds is 3. The van der Waals surface area contributed by atoms with Gasteiger partial charge in [-0.1, -0.05) is 13.0 Å². The molecular weight excluding hydrogens is 180 g/mol. The smallest absolute Gasteiger partial charge is 0.305 e. The zero-order valence-corrected chi connectivity index (χ0v) is 8.66. The molecule has 3 heteroatoms. The average molecular weight is 196 g/mol. The van der Waals surface area contributed by atoms with Crippen molar-refractivity contribution in [3.63, 3.8) is 0 Å². The second-order valence-corrected chi connectivity index (χ2v) is 3.79. The van der Waals surface area contributed by atoms with Crippen LogP contribution in [-0.2, 0) is 14.3 Å². The predicted octanol–water partition coefficient (Wildman–Crippen LogP) is 1.72. The molecular formula is C11H16O3. The van der Waals surface area contributed by atoms with Crippen molar-refractivity contribution in [1.82, 2.24) is 0 Å². The van der Waals surface area contributed by atoms with Gasteiger partial charge >= 0.3 is 5.97 Å². The second-order valence-electron chi connectivity index (χ2n) is 3.79. The van der Waals surface area contributed by atoms with Gasteiger partial charge in [0, 0.05) is 12.8 Å². The van der Waals surface area contributed by atoms with Crippen LogP contribution in [0.25, 0.3) is 0 Å². The lowest BCUT2D eigenvalue weighted by Gasteiger charge is -2.21. The zero-order valence-electron chi connectivity index (χ0n) is 8.66. The van der Waals surface area contributed by atoms with Crippen LogP contribution in [-0.4, -0.2) is 18.9 Å². The number of allylic oxidation sites excluding steroid dienone is 2. The van der Waals surface area contributed by atoms with Crippen molar-refractivity contribution in [1.29, 1.82) is 0 Å². The summed E-state index contributed by atoms with van der Waals surface area (Å²) in [5.74, 6) is 0.605. The number of carbonyl (C=O) groups excluding carboxylic acids is 2. The van der Waals surface area contributed by atoms with Gasteiger partial charge < -0.3 is 4.74 Å². The first kappa shape index (κ1) is 11.0. The standard InChI is InChI=1S/C11H16O3/c1-8(7-11(13)14-2)9-3-5-10(12)6-4-9/h3,5,8-9H,4,6-7H2,1-2H3. The Morgan fingerprint density at radius 3 is 2.93 bits per heavy atom. The zero-order chi connectivity index (χ0) is 10.6. The van der Waals surface area contributed by atoms with E-state index in [9.17, 15) is 9.59 Å². The Kier molecular flexibility index (Phi) is 3.86. The number of esters is 1. The molecule has 2 unspecified atom stereocenters. The van der Waals surface area contributed by atoms with Crippen molar-refractivity contribution in [3.8, 4) is 0 Å². The maximum Gasteiger partial charge on any atom is 0.305 e. The van der Waals surface area contributed by atoms with Crippen molar-refractivity contribution in [2.45, 2.75) is 26.2 Å². The van der Waals surface area contributed by atoms with E-state index in [0.717, 1.165) is 6.42 Å². The molecule has 0 aromatic rings. The summed E-state index contributed by atoms with van der Waals surface area (Å²) in [5, 5.41) is 0. The number of carbonyl (C=O) groups is 2. The van der Waals surface area contributed by atoms with Crippen LogP contribution in [0.1, 0.15) is 26.2 Å². The Balaban J connectivity index is 2.45. The summed E-state index contributed by atoms with van der Waals surface area (Å²) < 4.78 is 4.60. The van der Waals surface area contributed by atoms with Gasteiger partial charge in [0.2, 0.25) is 0 Å². The van der Waals surface area contributed by atoms with Gasteiger partial charge in [-0.15, -0.1) is 0 Å². The van der Waals surface area contributed by atoms with Gasteiger partial charge in [-0.25, -0.2) is 0 Å². The fourth-order valence-electron chi connectivity index (χ4n) is 1.69. The minimum absolute atomic E-state index is 0.178. The van der Waals surface area contributed by atoms with Crippen molar-refractivity contribution in [2.24, 2.45) is 11.8 Å². The molecule has 1 aliphatic carbocycles. The van der Waals surface area contributed by atoms with Gasteiger partial charge in [-0.2, -0.15) is 0 Å². The Morgan fingerprint density at radius 1 is 1.71 bits per heavy atom. The van der Waals surface area contributed by atoms with Crippen molar-refractivity contribution in [2.75, 3.05) is 7.11 Å². The SMILES string of the molecule is COC(=O)CC(C)C1C=CC(=O)CC1. The van der Waals surface area contributed by atoms with Gasteiger partial charge in [0.1, 0.15) is 0 Å². The molecule has 0 spiro atoms. The molecule has 0 bridgehead atoms. The molecule has 0 heterocycles. The summed E-state index contributed by atoms with van der Waals surface area (Å²) in [6, 6.07) is 0. The molecule has 0 N–H and O–H groups in total. The van der Waals surface area contributed by atoms with E-state index >= 15 is 0 Å². The third-order valence-electron chi connectivity index (χ3n) is 2.70. The van der Waals surface area contributed by atoms with Gasteiger partial charge in [-0.05, 0) is 24.3 Å². The van der Waals surface area contributed by atoms with E-state index in [0.29, 0.717) is 18.8 Å². The van der Waals surface area contributed by atoms with E-state index in [2.05, 4.69) is 4.74 Å². The molecule has 3 nitrogen and oxygen atoms in total. The molecule has 14 heavy (non-hydrogen) atoms. The number of ether oxygens (including phenoxy) is 1. The van der Waals surface area contributed by atoms with Crippen LogP contribution >= 0.6 is 0 Å². The molecule has 1 rings (SSSR count). The second kappa shape index (κ2) is 4.94. The minimum atomic E-state index is -0.178. The Hall–Kier alpha value is -1.12. The maximum atomic E-state index is 11.0. The Labute approximate surface area is 84.1 Å². The first-order valence-corrected chi connectivity index (χ1v) is 4.91. The lowest BCUT2D eigenvalue weighted by atomic mass is 9.83. The molecule has 2 atom stereocenters. The quantitative estimate of drug-likeness (QED) is 0.645. The monoisotopic (exact) mass is 196 g/mol.